The van der Waals surface area contributed by atoms with Crippen molar-refractivity contribution in [3.8, 4) is 0 Å². The van der Waals surface area contributed by atoms with Crippen LogP contribution in [0.3, 0.4) is 0 Å². The van der Waals surface area contributed by atoms with E-state index >= 15 is 0 Å². The summed E-state index contributed by atoms with van der Waals surface area (Å²) in [7, 11) is 0. The summed E-state index contributed by atoms with van der Waals surface area (Å²) in [6.07, 6.45) is 0.828. The second-order valence-electron chi connectivity index (χ2n) is 7.03. The number of rotatable bonds is 3. The molecule has 2 heterocycles. The van der Waals surface area contributed by atoms with Crippen molar-refractivity contribution in [2.45, 2.75) is 53.6 Å². The molecule has 19 heavy (non-hydrogen) atoms. The summed E-state index contributed by atoms with van der Waals surface area (Å²) in [6, 6.07) is 0. The Labute approximate surface area is 116 Å². The van der Waals surface area contributed by atoms with Gasteiger partial charge in [0.2, 0.25) is 0 Å². The van der Waals surface area contributed by atoms with Crippen LogP contribution in [0.2, 0.25) is 0 Å². The third kappa shape index (κ3) is 3.30. The van der Waals surface area contributed by atoms with Gasteiger partial charge in [0.25, 0.3) is 0 Å². The summed E-state index contributed by atoms with van der Waals surface area (Å²) in [5.41, 5.74) is -0.0653. The van der Waals surface area contributed by atoms with Crippen molar-refractivity contribution < 1.29 is 18.9 Å². The fraction of sp³-hybridized carbons (Fsp3) is 1.00. The van der Waals surface area contributed by atoms with E-state index in [4.69, 9.17) is 18.9 Å². The van der Waals surface area contributed by atoms with Gasteiger partial charge >= 0.3 is 0 Å². The molecule has 0 saturated carbocycles. The lowest BCUT2D eigenvalue weighted by molar-refractivity contribution is -0.325. The minimum atomic E-state index is -0.119. The van der Waals surface area contributed by atoms with Crippen molar-refractivity contribution in [2.24, 2.45) is 16.7 Å². The zero-order chi connectivity index (χ0) is 14.1. The zero-order valence-electron chi connectivity index (χ0n) is 12.9. The van der Waals surface area contributed by atoms with Crippen molar-refractivity contribution in [2.75, 3.05) is 26.4 Å². The second-order valence-corrected chi connectivity index (χ2v) is 7.03. The molecule has 2 saturated heterocycles. The molecule has 0 bridgehead atoms. The Bertz CT molecular complexity index is 283. The molecule has 0 unspecified atom stereocenters. The van der Waals surface area contributed by atoms with Crippen molar-refractivity contribution in [1.82, 2.24) is 0 Å². The monoisotopic (exact) mass is 272 g/mol. The van der Waals surface area contributed by atoms with Gasteiger partial charge in [0.1, 0.15) is 0 Å². The van der Waals surface area contributed by atoms with E-state index in [1.54, 1.807) is 0 Å². The third-order valence-electron chi connectivity index (χ3n) is 4.28. The van der Waals surface area contributed by atoms with E-state index in [2.05, 4.69) is 34.6 Å². The van der Waals surface area contributed by atoms with Crippen LogP contribution in [-0.2, 0) is 18.9 Å². The van der Waals surface area contributed by atoms with Crippen molar-refractivity contribution in [1.29, 1.82) is 0 Å². The largest absolute Gasteiger partial charge is 0.352 e. The first-order valence-electron chi connectivity index (χ1n) is 7.35. The van der Waals surface area contributed by atoms with Gasteiger partial charge in [-0.3, -0.25) is 0 Å². The van der Waals surface area contributed by atoms with Gasteiger partial charge in [-0.15, -0.1) is 0 Å². The van der Waals surface area contributed by atoms with Crippen LogP contribution in [0.25, 0.3) is 0 Å². The Hall–Kier alpha value is -0.160. The van der Waals surface area contributed by atoms with Crippen LogP contribution in [0.1, 0.15) is 41.0 Å². The molecule has 2 fully saturated rings. The molecule has 0 aliphatic carbocycles. The summed E-state index contributed by atoms with van der Waals surface area (Å²) in [5, 5.41) is 0. The summed E-state index contributed by atoms with van der Waals surface area (Å²) in [4.78, 5) is 0. The van der Waals surface area contributed by atoms with Gasteiger partial charge in [-0.25, -0.2) is 0 Å². The van der Waals surface area contributed by atoms with Crippen molar-refractivity contribution in [3.05, 3.63) is 0 Å². The fourth-order valence-corrected chi connectivity index (χ4v) is 2.37. The van der Waals surface area contributed by atoms with Crippen LogP contribution < -0.4 is 0 Å². The third-order valence-corrected chi connectivity index (χ3v) is 4.28. The molecule has 0 aromatic carbocycles. The predicted octanol–water partition coefficient (Wildman–Crippen LogP) is 2.81. The Morgan fingerprint density at radius 3 is 1.89 bits per heavy atom. The maximum atomic E-state index is 5.94. The molecule has 0 aromatic heterocycles. The second kappa shape index (κ2) is 5.68. The highest BCUT2D eigenvalue weighted by atomic mass is 16.7. The molecule has 0 amide bonds. The van der Waals surface area contributed by atoms with Crippen LogP contribution in [0, 0.1) is 16.7 Å². The maximum absolute atomic E-state index is 5.94. The summed E-state index contributed by atoms with van der Waals surface area (Å²) in [5.74, 6) is 0.384. The highest BCUT2D eigenvalue weighted by molar-refractivity contribution is 4.86. The standard InChI is InChI=1S/C15H28O4/c1-6-14(4,5)13-18-9-15(10-19-13)7-16-12(11(2)3)17-8-15/h11-13H,6-10H2,1-5H3. The van der Waals surface area contributed by atoms with Crippen LogP contribution in [0.5, 0.6) is 0 Å². The molecule has 0 N–H and O–H groups in total. The van der Waals surface area contributed by atoms with Crippen molar-refractivity contribution in [3.63, 3.8) is 0 Å². The molecule has 0 atom stereocenters. The van der Waals surface area contributed by atoms with Crippen LogP contribution in [0.4, 0.5) is 0 Å². The van der Waals surface area contributed by atoms with Gasteiger partial charge in [0, 0.05) is 11.3 Å². The zero-order valence-corrected chi connectivity index (χ0v) is 12.9. The van der Waals surface area contributed by atoms with E-state index in [1.807, 2.05) is 0 Å². The van der Waals surface area contributed by atoms with Gasteiger partial charge in [-0.1, -0.05) is 34.6 Å². The van der Waals surface area contributed by atoms with Gasteiger partial charge in [-0.05, 0) is 6.42 Å². The molecule has 4 nitrogen and oxygen atoms in total. The van der Waals surface area contributed by atoms with Crippen LogP contribution >= 0.6 is 0 Å². The predicted molar refractivity (Wildman–Crippen MR) is 72.7 cm³/mol. The average Bonchev–Trinajstić information content (AvgIpc) is 2.40. The Morgan fingerprint density at radius 2 is 1.47 bits per heavy atom. The van der Waals surface area contributed by atoms with Crippen molar-refractivity contribution >= 4 is 0 Å². The van der Waals surface area contributed by atoms with E-state index in [1.165, 1.54) is 0 Å². The summed E-state index contributed by atoms with van der Waals surface area (Å²) < 4.78 is 23.5. The first kappa shape index (κ1) is 15.2. The topological polar surface area (TPSA) is 36.9 Å². The summed E-state index contributed by atoms with van der Waals surface area (Å²) in [6.45, 7) is 13.4. The smallest absolute Gasteiger partial charge is 0.162 e. The fourth-order valence-electron chi connectivity index (χ4n) is 2.37. The molecular weight excluding hydrogens is 244 g/mol. The summed E-state index contributed by atoms with van der Waals surface area (Å²) >= 11 is 0. The Morgan fingerprint density at radius 1 is 1.00 bits per heavy atom. The van der Waals surface area contributed by atoms with Crippen LogP contribution in [-0.4, -0.2) is 39.0 Å². The highest BCUT2D eigenvalue weighted by Crippen LogP contribution is 2.37. The first-order chi connectivity index (χ1) is 8.88. The first-order valence-corrected chi connectivity index (χ1v) is 7.35. The lowest BCUT2D eigenvalue weighted by Gasteiger charge is -2.47. The van der Waals surface area contributed by atoms with Crippen LogP contribution in [0.15, 0.2) is 0 Å². The molecule has 0 radical (unpaired) electrons. The van der Waals surface area contributed by atoms with E-state index < -0.39 is 0 Å². The van der Waals surface area contributed by atoms with Gasteiger partial charge in [-0.2, -0.15) is 0 Å². The van der Waals surface area contributed by atoms with E-state index in [0.717, 1.165) is 6.42 Å². The van der Waals surface area contributed by atoms with Gasteiger partial charge in [0.05, 0.1) is 31.8 Å². The van der Waals surface area contributed by atoms with E-state index in [9.17, 15) is 0 Å². The Kier molecular flexibility index (Phi) is 4.56. The molecule has 2 rings (SSSR count). The molecule has 1 spiro atoms. The molecular formula is C15H28O4. The maximum Gasteiger partial charge on any atom is 0.162 e. The lowest BCUT2D eigenvalue weighted by Crippen LogP contribution is -2.55. The molecule has 4 heteroatoms. The number of hydrogen-bond donors (Lipinski definition) is 0. The van der Waals surface area contributed by atoms with Gasteiger partial charge < -0.3 is 18.9 Å². The molecule has 2 aliphatic heterocycles. The van der Waals surface area contributed by atoms with Gasteiger partial charge in [0.15, 0.2) is 12.6 Å². The molecule has 0 aromatic rings. The quantitative estimate of drug-likeness (QED) is 0.791. The number of ether oxygens (including phenoxy) is 4. The lowest BCUT2D eigenvalue weighted by atomic mass is 9.86. The average molecular weight is 272 g/mol. The normalized spacial score (nSPS) is 36.9. The van der Waals surface area contributed by atoms with E-state index in [0.29, 0.717) is 32.3 Å². The molecule has 112 valence electrons. The Balaban J connectivity index is 1.87. The molecule has 2 aliphatic rings. The minimum Gasteiger partial charge on any atom is -0.352 e. The highest BCUT2D eigenvalue weighted by Gasteiger charge is 2.45. The van der Waals surface area contributed by atoms with E-state index in [-0.39, 0.29) is 23.4 Å². The number of hydrogen-bond acceptors (Lipinski definition) is 4. The SMILES string of the molecule is CCC(C)(C)C1OCC2(COC(C(C)C)OC2)CO1. The minimum absolute atomic E-state index is 0.0540.